The van der Waals surface area contributed by atoms with Crippen molar-refractivity contribution < 1.29 is 22.7 Å². The van der Waals surface area contributed by atoms with Gasteiger partial charge in [0.25, 0.3) is 0 Å². The van der Waals surface area contributed by atoms with E-state index in [2.05, 4.69) is 4.74 Å². The fourth-order valence-corrected chi connectivity index (χ4v) is 4.06. The van der Waals surface area contributed by atoms with Crippen LogP contribution in [-0.4, -0.2) is 45.0 Å². The van der Waals surface area contributed by atoms with Gasteiger partial charge < -0.3 is 9.47 Å². The molecular formula is C14H19NO5S. The van der Waals surface area contributed by atoms with Crippen molar-refractivity contribution in [1.82, 2.24) is 4.31 Å². The SMILES string of the molecule is CCOc1ccc(S(=O)(=O)N2CCCC2C(=O)OC)cc1. The summed E-state index contributed by atoms with van der Waals surface area (Å²) < 4.78 is 36.4. The van der Waals surface area contributed by atoms with E-state index >= 15 is 0 Å². The van der Waals surface area contributed by atoms with E-state index in [-0.39, 0.29) is 4.90 Å². The van der Waals surface area contributed by atoms with Crippen LogP contribution in [0.3, 0.4) is 0 Å². The molecule has 116 valence electrons. The second kappa shape index (κ2) is 6.44. The van der Waals surface area contributed by atoms with Crippen LogP contribution < -0.4 is 4.74 Å². The standard InChI is InChI=1S/C14H19NO5S/c1-3-20-11-6-8-12(9-7-11)21(17,18)15-10-4-5-13(15)14(16)19-2/h6-9,13H,3-5,10H2,1-2H3. The molecule has 0 radical (unpaired) electrons. The van der Waals surface area contributed by atoms with Gasteiger partial charge in [0.05, 0.1) is 18.6 Å². The van der Waals surface area contributed by atoms with E-state index in [1.165, 1.54) is 23.5 Å². The van der Waals surface area contributed by atoms with Crippen LogP contribution in [0.25, 0.3) is 0 Å². The van der Waals surface area contributed by atoms with Gasteiger partial charge >= 0.3 is 5.97 Å². The van der Waals surface area contributed by atoms with E-state index in [4.69, 9.17) is 4.74 Å². The fraction of sp³-hybridized carbons (Fsp3) is 0.500. The summed E-state index contributed by atoms with van der Waals surface area (Å²) in [6.07, 6.45) is 1.14. The Bertz CT molecular complexity index is 596. The van der Waals surface area contributed by atoms with E-state index in [1.54, 1.807) is 12.1 Å². The van der Waals surface area contributed by atoms with Crippen LogP contribution >= 0.6 is 0 Å². The Kier molecular flexibility index (Phi) is 4.84. The number of carbonyl (C=O) groups is 1. The highest BCUT2D eigenvalue weighted by Gasteiger charge is 2.40. The van der Waals surface area contributed by atoms with Crippen molar-refractivity contribution in [3.63, 3.8) is 0 Å². The first-order chi connectivity index (χ1) is 10.0. The zero-order valence-electron chi connectivity index (χ0n) is 12.1. The molecule has 0 aromatic heterocycles. The maximum absolute atomic E-state index is 12.6. The number of methoxy groups -OCH3 is 1. The highest BCUT2D eigenvalue weighted by atomic mass is 32.2. The van der Waals surface area contributed by atoms with Crippen LogP contribution in [0.4, 0.5) is 0 Å². The van der Waals surface area contributed by atoms with Gasteiger partial charge in [0.1, 0.15) is 11.8 Å². The summed E-state index contributed by atoms with van der Waals surface area (Å²) in [5.74, 6) is 0.101. The number of rotatable bonds is 5. The van der Waals surface area contributed by atoms with Crippen molar-refractivity contribution in [1.29, 1.82) is 0 Å². The molecule has 1 aromatic carbocycles. The van der Waals surface area contributed by atoms with Gasteiger partial charge in [-0.1, -0.05) is 0 Å². The van der Waals surface area contributed by atoms with Crippen molar-refractivity contribution in [2.75, 3.05) is 20.3 Å². The molecule has 21 heavy (non-hydrogen) atoms. The number of carbonyl (C=O) groups excluding carboxylic acids is 1. The first kappa shape index (κ1) is 15.8. The molecule has 1 aromatic rings. The third-order valence-electron chi connectivity index (χ3n) is 3.42. The second-order valence-electron chi connectivity index (χ2n) is 4.70. The van der Waals surface area contributed by atoms with Gasteiger partial charge in [-0.25, -0.2) is 8.42 Å². The number of nitrogens with zero attached hydrogens (tertiary/aromatic N) is 1. The molecular weight excluding hydrogens is 294 g/mol. The van der Waals surface area contributed by atoms with Crippen LogP contribution in [0.1, 0.15) is 19.8 Å². The Morgan fingerprint density at radius 2 is 2.00 bits per heavy atom. The molecule has 0 aliphatic carbocycles. The van der Waals surface area contributed by atoms with E-state index in [0.717, 1.165) is 0 Å². The minimum Gasteiger partial charge on any atom is -0.494 e. The minimum atomic E-state index is -3.70. The molecule has 1 saturated heterocycles. The molecule has 1 unspecified atom stereocenters. The lowest BCUT2D eigenvalue weighted by molar-refractivity contribution is -0.144. The maximum atomic E-state index is 12.6. The zero-order valence-corrected chi connectivity index (χ0v) is 12.9. The average Bonchev–Trinajstić information content (AvgIpc) is 2.97. The fourth-order valence-electron chi connectivity index (χ4n) is 2.41. The first-order valence-electron chi connectivity index (χ1n) is 6.83. The van der Waals surface area contributed by atoms with E-state index < -0.39 is 22.0 Å². The molecule has 0 spiro atoms. The molecule has 1 fully saturated rings. The molecule has 0 bridgehead atoms. The summed E-state index contributed by atoms with van der Waals surface area (Å²) in [6.45, 7) is 2.70. The van der Waals surface area contributed by atoms with Crippen molar-refractivity contribution in [2.24, 2.45) is 0 Å². The van der Waals surface area contributed by atoms with Crippen molar-refractivity contribution in [3.8, 4) is 5.75 Å². The van der Waals surface area contributed by atoms with Crippen molar-refractivity contribution in [3.05, 3.63) is 24.3 Å². The van der Waals surface area contributed by atoms with Crippen LogP contribution in [0, 0.1) is 0 Å². The quantitative estimate of drug-likeness (QED) is 0.769. The van der Waals surface area contributed by atoms with E-state index in [0.29, 0.717) is 31.7 Å². The molecule has 1 aliphatic rings. The van der Waals surface area contributed by atoms with Crippen LogP contribution in [0.5, 0.6) is 5.75 Å². The highest BCUT2D eigenvalue weighted by Crippen LogP contribution is 2.27. The molecule has 0 N–H and O–H groups in total. The van der Waals surface area contributed by atoms with Crippen LogP contribution in [0.2, 0.25) is 0 Å². The van der Waals surface area contributed by atoms with Crippen molar-refractivity contribution in [2.45, 2.75) is 30.7 Å². The van der Waals surface area contributed by atoms with Crippen molar-refractivity contribution >= 4 is 16.0 Å². The number of sulfonamides is 1. The van der Waals surface area contributed by atoms with Crippen LogP contribution in [0.15, 0.2) is 29.2 Å². The van der Waals surface area contributed by atoms with E-state index in [1.807, 2.05) is 6.92 Å². The Labute approximate surface area is 124 Å². The molecule has 7 heteroatoms. The Morgan fingerprint density at radius 3 is 2.57 bits per heavy atom. The predicted molar refractivity (Wildman–Crippen MR) is 76.5 cm³/mol. The lowest BCUT2D eigenvalue weighted by Crippen LogP contribution is -2.40. The zero-order chi connectivity index (χ0) is 15.5. The van der Waals surface area contributed by atoms with E-state index in [9.17, 15) is 13.2 Å². The Morgan fingerprint density at radius 1 is 1.33 bits per heavy atom. The highest BCUT2D eigenvalue weighted by molar-refractivity contribution is 7.89. The van der Waals surface area contributed by atoms with Gasteiger partial charge in [0.15, 0.2) is 0 Å². The smallest absolute Gasteiger partial charge is 0.324 e. The molecule has 0 amide bonds. The number of esters is 1. The largest absolute Gasteiger partial charge is 0.494 e. The predicted octanol–water partition coefficient (Wildman–Crippen LogP) is 1.41. The maximum Gasteiger partial charge on any atom is 0.324 e. The molecule has 6 nitrogen and oxygen atoms in total. The molecule has 2 rings (SSSR count). The lowest BCUT2D eigenvalue weighted by Gasteiger charge is -2.22. The Hall–Kier alpha value is -1.60. The van der Waals surface area contributed by atoms with Gasteiger partial charge in [-0.2, -0.15) is 4.31 Å². The van der Waals surface area contributed by atoms with Gasteiger partial charge in [-0.3, -0.25) is 4.79 Å². The summed E-state index contributed by atoms with van der Waals surface area (Å²) in [6, 6.07) is 5.48. The summed E-state index contributed by atoms with van der Waals surface area (Å²) in [4.78, 5) is 11.8. The number of hydrogen-bond donors (Lipinski definition) is 0. The number of ether oxygens (including phenoxy) is 2. The third-order valence-corrected chi connectivity index (χ3v) is 5.34. The molecule has 1 aliphatic heterocycles. The minimum absolute atomic E-state index is 0.154. The number of hydrogen-bond acceptors (Lipinski definition) is 5. The normalized spacial score (nSPS) is 19.4. The number of benzene rings is 1. The van der Waals surface area contributed by atoms with Gasteiger partial charge in [0, 0.05) is 6.54 Å². The second-order valence-corrected chi connectivity index (χ2v) is 6.59. The van der Waals surface area contributed by atoms with Gasteiger partial charge in [-0.05, 0) is 44.0 Å². The Balaban J connectivity index is 2.26. The lowest BCUT2D eigenvalue weighted by atomic mass is 10.2. The first-order valence-corrected chi connectivity index (χ1v) is 8.27. The summed E-state index contributed by atoms with van der Waals surface area (Å²) >= 11 is 0. The third kappa shape index (κ3) is 3.19. The van der Waals surface area contributed by atoms with Gasteiger partial charge in [0.2, 0.25) is 10.0 Å². The molecule has 1 heterocycles. The molecule has 0 saturated carbocycles. The monoisotopic (exact) mass is 313 g/mol. The summed E-state index contributed by atoms with van der Waals surface area (Å²) in [5.41, 5.74) is 0. The van der Waals surface area contributed by atoms with Crippen LogP contribution in [-0.2, 0) is 19.6 Å². The summed E-state index contributed by atoms with van der Waals surface area (Å²) in [5, 5.41) is 0. The average molecular weight is 313 g/mol. The molecule has 1 atom stereocenters. The van der Waals surface area contributed by atoms with Gasteiger partial charge in [-0.15, -0.1) is 0 Å². The summed E-state index contributed by atoms with van der Waals surface area (Å²) in [7, 11) is -2.43. The topological polar surface area (TPSA) is 72.9 Å².